The van der Waals surface area contributed by atoms with E-state index in [1.54, 1.807) is 6.92 Å². The van der Waals surface area contributed by atoms with Crippen LogP contribution in [0.4, 0.5) is 13.2 Å². The Morgan fingerprint density at radius 1 is 1.36 bits per heavy atom. The van der Waals surface area contributed by atoms with Gasteiger partial charge in [-0.3, -0.25) is 0 Å². The number of aliphatic carboxylic acids is 1. The van der Waals surface area contributed by atoms with Gasteiger partial charge in [-0.15, -0.1) is 0 Å². The van der Waals surface area contributed by atoms with E-state index in [0.29, 0.717) is 0 Å². The number of carboxylic acid groups (broad SMARTS) is 1. The van der Waals surface area contributed by atoms with Gasteiger partial charge in [0.2, 0.25) is 0 Å². The summed E-state index contributed by atoms with van der Waals surface area (Å²) in [4.78, 5) is 11.1. The number of hydrazine groups is 1. The largest absolute Gasteiger partial charge is 0.479 e. The summed E-state index contributed by atoms with van der Waals surface area (Å²) in [7, 11) is -1.30. The summed E-state index contributed by atoms with van der Waals surface area (Å²) in [5.74, 6) is -1.40. The van der Waals surface area contributed by atoms with Crippen LogP contribution < -0.4 is 10.2 Å². The first-order chi connectivity index (χ1) is 12.7. The Bertz CT molecular complexity index is 899. The molecule has 2 N–H and O–H groups in total. The molecule has 1 aliphatic rings. The molecule has 1 aromatic rings. The number of carbonyl (C=O) groups is 1. The lowest BCUT2D eigenvalue weighted by Crippen LogP contribution is -2.44. The summed E-state index contributed by atoms with van der Waals surface area (Å²) < 4.78 is 71.1. The fourth-order valence-electron chi connectivity index (χ4n) is 2.42. The second kappa shape index (κ2) is 7.60. The molecular formula is C16H20F3N3O5S. The van der Waals surface area contributed by atoms with Crippen LogP contribution in [-0.2, 0) is 21.2 Å². The molecule has 0 aromatic heterocycles. The molecule has 156 valence electrons. The lowest BCUT2D eigenvalue weighted by atomic mass is 9.98. The van der Waals surface area contributed by atoms with Crippen LogP contribution in [0.15, 0.2) is 24.4 Å². The molecule has 2 rings (SSSR count). The molecule has 0 spiro atoms. The van der Waals surface area contributed by atoms with E-state index in [2.05, 4.69) is 5.43 Å². The highest BCUT2D eigenvalue weighted by Gasteiger charge is 2.35. The highest BCUT2D eigenvalue weighted by Crippen LogP contribution is 2.38. The zero-order chi connectivity index (χ0) is 21.4. The van der Waals surface area contributed by atoms with Crippen LogP contribution in [0, 0.1) is 0 Å². The normalized spacial score (nSPS) is 18.9. The summed E-state index contributed by atoms with van der Waals surface area (Å²) in [5.41, 5.74) is 1.81. The summed E-state index contributed by atoms with van der Waals surface area (Å²) in [6.07, 6.45) is -4.81. The molecular weight excluding hydrogens is 403 g/mol. The van der Waals surface area contributed by atoms with Gasteiger partial charge in [-0.2, -0.15) is 30.3 Å². The molecule has 2 atom stereocenters. The standard InChI is InChI=1S/C16H20F3N3O5S/c1-9-13(8-22(20-9)28(25,26)21(3)4)12-7-11(16(17,18)19)5-6-14(12)27-10(2)15(23)24/h5-10,20H,1-4H3,(H,23,24)/t9?,10-/m0/s1. The fourth-order valence-corrected chi connectivity index (χ4v) is 3.31. The quantitative estimate of drug-likeness (QED) is 0.725. The third-order valence-electron chi connectivity index (χ3n) is 4.02. The van der Waals surface area contributed by atoms with Crippen LogP contribution in [0.2, 0.25) is 0 Å². The first-order valence-corrected chi connectivity index (χ1v) is 9.45. The van der Waals surface area contributed by atoms with E-state index in [-0.39, 0.29) is 16.9 Å². The highest BCUT2D eigenvalue weighted by molar-refractivity contribution is 7.86. The number of nitrogens with zero attached hydrogens (tertiary/aromatic N) is 2. The van der Waals surface area contributed by atoms with Crippen molar-refractivity contribution in [2.75, 3.05) is 14.1 Å². The van der Waals surface area contributed by atoms with Crippen LogP contribution in [0.5, 0.6) is 5.75 Å². The molecule has 0 aliphatic carbocycles. The topological polar surface area (TPSA) is 99.2 Å². The van der Waals surface area contributed by atoms with Crippen molar-refractivity contribution in [3.63, 3.8) is 0 Å². The lowest BCUT2D eigenvalue weighted by Gasteiger charge is -2.21. The molecule has 0 fully saturated rings. The number of rotatable bonds is 6. The smallest absolute Gasteiger partial charge is 0.416 e. The third kappa shape index (κ3) is 4.39. The zero-order valence-electron chi connectivity index (χ0n) is 15.5. The predicted octanol–water partition coefficient (Wildman–Crippen LogP) is 1.91. The molecule has 1 unspecified atom stereocenters. The van der Waals surface area contributed by atoms with Gasteiger partial charge in [-0.1, -0.05) is 0 Å². The molecule has 1 aromatic carbocycles. The Balaban J connectivity index is 2.58. The van der Waals surface area contributed by atoms with E-state index in [9.17, 15) is 26.4 Å². The minimum absolute atomic E-state index is 0.0561. The first-order valence-electron chi connectivity index (χ1n) is 8.06. The fraction of sp³-hybridized carbons (Fsp3) is 0.438. The van der Waals surface area contributed by atoms with Gasteiger partial charge in [0.25, 0.3) is 0 Å². The number of ether oxygens (including phenoxy) is 1. The van der Waals surface area contributed by atoms with Crippen LogP contribution in [0.3, 0.4) is 0 Å². The minimum atomic E-state index is -4.64. The van der Waals surface area contributed by atoms with E-state index in [1.807, 2.05) is 0 Å². The Labute approximate surface area is 160 Å². The maximum absolute atomic E-state index is 13.2. The van der Waals surface area contributed by atoms with Crippen molar-refractivity contribution in [2.24, 2.45) is 0 Å². The van der Waals surface area contributed by atoms with E-state index in [1.165, 1.54) is 21.0 Å². The molecule has 0 saturated heterocycles. The van der Waals surface area contributed by atoms with E-state index < -0.39 is 40.1 Å². The molecule has 1 aliphatic heterocycles. The van der Waals surface area contributed by atoms with Crippen molar-refractivity contribution in [1.82, 2.24) is 14.1 Å². The van der Waals surface area contributed by atoms with Gasteiger partial charge < -0.3 is 9.84 Å². The lowest BCUT2D eigenvalue weighted by molar-refractivity contribution is -0.144. The second-order valence-electron chi connectivity index (χ2n) is 6.33. The maximum Gasteiger partial charge on any atom is 0.416 e. The Morgan fingerprint density at radius 2 is 1.96 bits per heavy atom. The number of benzene rings is 1. The average Bonchev–Trinajstić information content (AvgIpc) is 2.96. The van der Waals surface area contributed by atoms with Crippen molar-refractivity contribution in [3.05, 3.63) is 35.5 Å². The molecule has 0 radical (unpaired) electrons. The number of hydrogen-bond donors (Lipinski definition) is 2. The average molecular weight is 423 g/mol. The molecule has 1 heterocycles. The Kier molecular flexibility index (Phi) is 5.97. The summed E-state index contributed by atoms with van der Waals surface area (Å²) in [6, 6.07) is 1.92. The van der Waals surface area contributed by atoms with Gasteiger partial charge in [0.15, 0.2) is 6.10 Å². The SMILES string of the molecule is CC1NN(S(=O)(=O)N(C)C)C=C1c1cc(C(F)(F)F)ccc1O[C@@H](C)C(=O)O. The number of alkyl halides is 3. The summed E-state index contributed by atoms with van der Waals surface area (Å²) in [6.45, 7) is 2.79. The van der Waals surface area contributed by atoms with Crippen molar-refractivity contribution in [1.29, 1.82) is 0 Å². The molecule has 0 amide bonds. The summed E-state index contributed by atoms with van der Waals surface area (Å²) >= 11 is 0. The van der Waals surface area contributed by atoms with Gasteiger partial charge >= 0.3 is 22.4 Å². The van der Waals surface area contributed by atoms with E-state index in [0.717, 1.165) is 33.1 Å². The maximum atomic E-state index is 13.2. The van der Waals surface area contributed by atoms with Gasteiger partial charge in [0.1, 0.15) is 5.75 Å². The summed E-state index contributed by atoms with van der Waals surface area (Å²) in [5, 5.41) is 9.02. The number of carboxylic acids is 1. The minimum Gasteiger partial charge on any atom is -0.479 e. The first kappa shape index (κ1) is 22.0. The molecule has 0 saturated carbocycles. The van der Waals surface area contributed by atoms with E-state index in [4.69, 9.17) is 9.84 Å². The predicted molar refractivity (Wildman–Crippen MR) is 94.2 cm³/mol. The second-order valence-corrected chi connectivity index (χ2v) is 8.35. The number of hydrogen-bond acceptors (Lipinski definition) is 5. The molecule has 8 nitrogen and oxygen atoms in total. The van der Waals surface area contributed by atoms with Gasteiger partial charge in [-0.05, 0) is 32.0 Å². The Morgan fingerprint density at radius 3 is 2.46 bits per heavy atom. The highest BCUT2D eigenvalue weighted by atomic mass is 32.2. The van der Waals surface area contributed by atoms with E-state index >= 15 is 0 Å². The van der Waals surface area contributed by atoms with Gasteiger partial charge in [0, 0.05) is 31.4 Å². The van der Waals surface area contributed by atoms with Crippen LogP contribution in [-0.4, -0.2) is 54.5 Å². The van der Waals surface area contributed by atoms with Crippen molar-refractivity contribution in [2.45, 2.75) is 32.2 Å². The zero-order valence-corrected chi connectivity index (χ0v) is 16.3. The van der Waals surface area contributed by atoms with Crippen molar-refractivity contribution < 1.29 is 36.2 Å². The van der Waals surface area contributed by atoms with Crippen LogP contribution >= 0.6 is 0 Å². The van der Waals surface area contributed by atoms with Gasteiger partial charge in [0.05, 0.1) is 11.6 Å². The Hall–Kier alpha value is -2.31. The monoisotopic (exact) mass is 423 g/mol. The molecule has 28 heavy (non-hydrogen) atoms. The van der Waals surface area contributed by atoms with Crippen LogP contribution in [0.25, 0.3) is 5.57 Å². The molecule has 12 heteroatoms. The number of nitrogens with one attached hydrogen (secondary N) is 1. The third-order valence-corrected chi connectivity index (χ3v) is 5.65. The van der Waals surface area contributed by atoms with Gasteiger partial charge in [-0.25, -0.2) is 10.2 Å². The number of halogens is 3. The molecule has 0 bridgehead atoms. The van der Waals surface area contributed by atoms with Crippen LogP contribution in [0.1, 0.15) is 25.0 Å². The van der Waals surface area contributed by atoms with Crippen molar-refractivity contribution >= 4 is 21.8 Å². The van der Waals surface area contributed by atoms with Crippen molar-refractivity contribution in [3.8, 4) is 5.75 Å².